The topological polar surface area (TPSA) is 53.6 Å². The summed E-state index contributed by atoms with van der Waals surface area (Å²) in [5.74, 6) is 4.45. The lowest BCUT2D eigenvalue weighted by molar-refractivity contribution is 0.220. The van der Waals surface area contributed by atoms with Crippen molar-refractivity contribution in [1.82, 2.24) is 20.3 Å². The Morgan fingerprint density at radius 1 is 1.27 bits per heavy atom. The van der Waals surface area contributed by atoms with Gasteiger partial charge in [-0.25, -0.2) is 4.98 Å². The largest absolute Gasteiger partial charge is 0.341 e. The molecule has 0 aromatic carbocycles. The standard InChI is InChI=1S/C22H34N4/c1-14(2)11-24-12-18-8-16(5)17(9-19(18)15(3)4)10-22-25-20-6-7-23-13-21(20)26-22/h6-8,13-15,17-19,24H,9-12H2,1-5H3,(H,25,26). The molecule has 0 spiro atoms. The molecule has 0 bridgehead atoms. The predicted octanol–water partition coefficient (Wildman–Crippen LogP) is 4.60. The second-order valence-corrected chi connectivity index (χ2v) is 8.75. The number of hydrogen-bond donors (Lipinski definition) is 2. The summed E-state index contributed by atoms with van der Waals surface area (Å²) in [6.45, 7) is 13.8. The van der Waals surface area contributed by atoms with Gasteiger partial charge >= 0.3 is 0 Å². The Morgan fingerprint density at radius 2 is 2.08 bits per heavy atom. The molecule has 0 radical (unpaired) electrons. The smallest absolute Gasteiger partial charge is 0.107 e. The average molecular weight is 355 g/mol. The number of rotatable bonds is 7. The van der Waals surface area contributed by atoms with Crippen LogP contribution in [-0.2, 0) is 6.42 Å². The molecule has 2 heterocycles. The molecule has 1 aliphatic rings. The van der Waals surface area contributed by atoms with Gasteiger partial charge in [-0.05, 0) is 55.5 Å². The number of hydrogen-bond acceptors (Lipinski definition) is 3. The normalized spacial score (nSPS) is 23.8. The molecule has 2 N–H and O–H groups in total. The third-order valence-corrected chi connectivity index (χ3v) is 5.79. The quantitative estimate of drug-likeness (QED) is 0.715. The number of fused-ring (bicyclic) bond motifs is 1. The summed E-state index contributed by atoms with van der Waals surface area (Å²) in [7, 11) is 0. The van der Waals surface area contributed by atoms with Crippen molar-refractivity contribution >= 4 is 11.0 Å². The first-order chi connectivity index (χ1) is 12.4. The summed E-state index contributed by atoms with van der Waals surface area (Å²) >= 11 is 0. The Bertz CT molecular complexity index is 710. The second kappa shape index (κ2) is 8.34. The second-order valence-electron chi connectivity index (χ2n) is 8.75. The molecule has 0 saturated heterocycles. The van der Waals surface area contributed by atoms with Crippen LogP contribution in [0.25, 0.3) is 11.0 Å². The van der Waals surface area contributed by atoms with Crippen LogP contribution in [0, 0.1) is 29.6 Å². The molecule has 1 aliphatic carbocycles. The van der Waals surface area contributed by atoms with Crippen LogP contribution in [0.2, 0.25) is 0 Å². The van der Waals surface area contributed by atoms with E-state index in [0.717, 1.165) is 42.3 Å². The number of H-pyrrole nitrogens is 1. The van der Waals surface area contributed by atoms with E-state index in [4.69, 9.17) is 4.98 Å². The molecule has 2 aromatic rings. The summed E-state index contributed by atoms with van der Waals surface area (Å²) in [6.07, 6.45) is 8.46. The van der Waals surface area contributed by atoms with Crippen LogP contribution in [0.3, 0.4) is 0 Å². The third-order valence-electron chi connectivity index (χ3n) is 5.79. The minimum atomic E-state index is 0.581. The van der Waals surface area contributed by atoms with Crippen LogP contribution in [-0.4, -0.2) is 28.0 Å². The summed E-state index contributed by atoms with van der Waals surface area (Å²) in [5.41, 5.74) is 3.58. The van der Waals surface area contributed by atoms with E-state index in [1.165, 1.54) is 12.0 Å². The molecule has 26 heavy (non-hydrogen) atoms. The molecule has 3 atom stereocenters. The Kier molecular flexibility index (Phi) is 6.13. The van der Waals surface area contributed by atoms with E-state index in [9.17, 15) is 0 Å². The third kappa shape index (κ3) is 4.53. The van der Waals surface area contributed by atoms with Gasteiger partial charge in [0.05, 0.1) is 17.2 Å². The SMILES string of the molecule is CC1=CC(CNCC(C)C)C(C(C)C)CC1Cc1nc2ccncc2[nH]1. The maximum absolute atomic E-state index is 4.76. The van der Waals surface area contributed by atoms with Crippen molar-refractivity contribution in [2.24, 2.45) is 29.6 Å². The van der Waals surface area contributed by atoms with Crippen molar-refractivity contribution < 1.29 is 0 Å². The summed E-state index contributed by atoms with van der Waals surface area (Å²) in [5, 5.41) is 3.67. The van der Waals surface area contributed by atoms with Crippen LogP contribution < -0.4 is 5.32 Å². The van der Waals surface area contributed by atoms with Crippen LogP contribution >= 0.6 is 0 Å². The van der Waals surface area contributed by atoms with E-state index in [0.29, 0.717) is 23.7 Å². The molecule has 4 heteroatoms. The van der Waals surface area contributed by atoms with Crippen molar-refractivity contribution in [3.63, 3.8) is 0 Å². The van der Waals surface area contributed by atoms with Crippen molar-refractivity contribution in [1.29, 1.82) is 0 Å². The number of aromatic amines is 1. The molecule has 4 nitrogen and oxygen atoms in total. The van der Waals surface area contributed by atoms with Crippen LogP contribution in [0.4, 0.5) is 0 Å². The number of nitrogens with one attached hydrogen (secondary N) is 2. The molecule has 0 aliphatic heterocycles. The molecule has 2 aromatic heterocycles. The zero-order valence-electron chi connectivity index (χ0n) is 16.9. The Hall–Kier alpha value is -1.68. The molecule has 3 rings (SSSR count). The molecule has 0 amide bonds. The van der Waals surface area contributed by atoms with Gasteiger partial charge in [-0.3, -0.25) is 4.98 Å². The molecule has 0 saturated carbocycles. The molecule has 0 fully saturated rings. The van der Waals surface area contributed by atoms with E-state index in [1.807, 2.05) is 18.5 Å². The highest BCUT2D eigenvalue weighted by atomic mass is 14.9. The van der Waals surface area contributed by atoms with E-state index < -0.39 is 0 Å². The molecule has 142 valence electrons. The van der Waals surface area contributed by atoms with Crippen LogP contribution in [0.15, 0.2) is 30.1 Å². The summed E-state index contributed by atoms with van der Waals surface area (Å²) in [4.78, 5) is 12.4. The fraction of sp³-hybridized carbons (Fsp3) is 0.636. The van der Waals surface area contributed by atoms with E-state index in [2.05, 4.69) is 56.0 Å². The fourth-order valence-corrected chi connectivity index (χ4v) is 4.29. The maximum Gasteiger partial charge on any atom is 0.107 e. The number of nitrogens with zero attached hydrogens (tertiary/aromatic N) is 2. The van der Waals surface area contributed by atoms with Crippen LogP contribution in [0.5, 0.6) is 0 Å². The highest BCUT2D eigenvalue weighted by Crippen LogP contribution is 2.38. The lowest BCUT2D eigenvalue weighted by Gasteiger charge is -2.37. The maximum atomic E-state index is 4.76. The van der Waals surface area contributed by atoms with Gasteiger partial charge in [-0.1, -0.05) is 39.3 Å². The summed E-state index contributed by atoms with van der Waals surface area (Å²) in [6, 6.07) is 1.98. The molecular formula is C22H34N4. The minimum Gasteiger partial charge on any atom is -0.341 e. The van der Waals surface area contributed by atoms with Gasteiger partial charge in [0.15, 0.2) is 0 Å². The Morgan fingerprint density at radius 3 is 2.77 bits per heavy atom. The van der Waals surface area contributed by atoms with E-state index in [-0.39, 0.29) is 0 Å². The predicted molar refractivity (Wildman–Crippen MR) is 109 cm³/mol. The van der Waals surface area contributed by atoms with Crippen molar-refractivity contribution in [2.45, 2.75) is 47.5 Å². The molecule has 3 unspecified atom stereocenters. The molecular weight excluding hydrogens is 320 g/mol. The summed E-state index contributed by atoms with van der Waals surface area (Å²) < 4.78 is 0. The number of pyridine rings is 1. The monoisotopic (exact) mass is 354 g/mol. The Balaban J connectivity index is 1.71. The highest BCUT2D eigenvalue weighted by molar-refractivity contribution is 5.73. The van der Waals surface area contributed by atoms with E-state index in [1.54, 1.807) is 0 Å². The van der Waals surface area contributed by atoms with Gasteiger partial charge in [0.1, 0.15) is 5.82 Å². The lowest BCUT2D eigenvalue weighted by Crippen LogP contribution is -2.36. The first kappa shape index (κ1) is 19.1. The van der Waals surface area contributed by atoms with Crippen molar-refractivity contribution in [3.05, 3.63) is 35.9 Å². The first-order valence-corrected chi connectivity index (χ1v) is 10.1. The van der Waals surface area contributed by atoms with E-state index >= 15 is 0 Å². The van der Waals surface area contributed by atoms with Gasteiger partial charge in [-0.2, -0.15) is 0 Å². The van der Waals surface area contributed by atoms with Crippen molar-refractivity contribution in [2.75, 3.05) is 13.1 Å². The minimum absolute atomic E-state index is 0.581. The number of imidazole rings is 1. The Labute approximate surface area is 157 Å². The van der Waals surface area contributed by atoms with Crippen LogP contribution in [0.1, 0.15) is 46.9 Å². The zero-order valence-corrected chi connectivity index (χ0v) is 16.9. The number of allylic oxidation sites excluding steroid dienone is 1. The first-order valence-electron chi connectivity index (χ1n) is 10.1. The fourth-order valence-electron chi connectivity index (χ4n) is 4.29. The van der Waals surface area contributed by atoms with Gasteiger partial charge in [0.25, 0.3) is 0 Å². The van der Waals surface area contributed by atoms with Gasteiger partial charge in [0, 0.05) is 19.2 Å². The highest BCUT2D eigenvalue weighted by Gasteiger charge is 2.31. The van der Waals surface area contributed by atoms with Gasteiger partial charge in [0.2, 0.25) is 0 Å². The lowest BCUT2D eigenvalue weighted by atomic mass is 9.69. The average Bonchev–Trinajstić information content (AvgIpc) is 2.98. The number of aromatic nitrogens is 3. The van der Waals surface area contributed by atoms with Gasteiger partial charge in [-0.15, -0.1) is 0 Å². The van der Waals surface area contributed by atoms with Crippen molar-refractivity contribution in [3.8, 4) is 0 Å². The zero-order chi connectivity index (χ0) is 18.7. The van der Waals surface area contributed by atoms with Gasteiger partial charge < -0.3 is 10.3 Å².